The number of rotatable bonds is 6. The first kappa shape index (κ1) is 14.0. The highest BCUT2D eigenvalue weighted by molar-refractivity contribution is 5.85. The zero-order valence-electron chi connectivity index (χ0n) is 13.2. The summed E-state index contributed by atoms with van der Waals surface area (Å²) in [4.78, 5) is 16.9. The third kappa shape index (κ3) is 2.58. The van der Waals surface area contributed by atoms with Crippen molar-refractivity contribution >= 4 is 5.91 Å². The lowest BCUT2D eigenvalue weighted by atomic mass is 10.1. The topological polar surface area (TPSA) is 23.6 Å². The van der Waals surface area contributed by atoms with Gasteiger partial charge in [0.05, 0.1) is 18.6 Å². The zero-order chi connectivity index (χ0) is 15.1. The van der Waals surface area contributed by atoms with Gasteiger partial charge < -0.3 is 4.90 Å². The number of fused-ring (bicyclic) bond motifs is 2. The van der Waals surface area contributed by atoms with Crippen molar-refractivity contribution in [2.24, 2.45) is 5.92 Å². The highest BCUT2D eigenvalue weighted by atomic mass is 16.2. The maximum Gasteiger partial charge on any atom is 0.231 e. The number of nitrogens with zero attached hydrogens (tertiary/aromatic N) is 2. The zero-order valence-corrected chi connectivity index (χ0v) is 13.2. The summed E-state index contributed by atoms with van der Waals surface area (Å²) in [7, 11) is 0. The average Bonchev–Trinajstić information content (AvgIpc) is 3.21. The molecule has 3 aliphatic rings. The summed E-state index contributed by atoms with van der Waals surface area (Å²) < 4.78 is 0. The quantitative estimate of drug-likeness (QED) is 0.754. The van der Waals surface area contributed by atoms with E-state index in [4.69, 9.17) is 0 Å². The fourth-order valence-corrected chi connectivity index (χ4v) is 3.69. The molecule has 4 rings (SSSR count). The molecular weight excluding hydrogens is 272 g/mol. The van der Waals surface area contributed by atoms with Gasteiger partial charge in [-0.25, -0.2) is 0 Å². The molecule has 2 bridgehead atoms. The molecule has 0 spiro atoms. The van der Waals surface area contributed by atoms with Gasteiger partial charge in [-0.2, -0.15) is 0 Å². The average molecular weight is 296 g/mol. The van der Waals surface area contributed by atoms with Crippen LogP contribution >= 0.6 is 0 Å². The largest absolute Gasteiger partial charge is 0.323 e. The summed E-state index contributed by atoms with van der Waals surface area (Å²) in [5.74, 6) is 0.495. The van der Waals surface area contributed by atoms with E-state index in [1.807, 2.05) is 0 Å². The molecule has 1 saturated heterocycles. The molecular formula is C19H24N2O. The van der Waals surface area contributed by atoms with Crippen molar-refractivity contribution in [2.45, 2.75) is 51.2 Å². The number of hydrogen-bond acceptors (Lipinski definition) is 2. The van der Waals surface area contributed by atoms with E-state index in [0.29, 0.717) is 18.0 Å². The first-order valence-corrected chi connectivity index (χ1v) is 8.55. The van der Waals surface area contributed by atoms with Gasteiger partial charge in [0.2, 0.25) is 5.91 Å². The first-order valence-electron chi connectivity index (χ1n) is 8.55. The highest BCUT2D eigenvalue weighted by Crippen LogP contribution is 2.35. The second-order valence-electron chi connectivity index (χ2n) is 6.89. The molecule has 22 heavy (non-hydrogen) atoms. The van der Waals surface area contributed by atoms with Gasteiger partial charge in [0.1, 0.15) is 0 Å². The fraction of sp³-hybridized carbons (Fsp3) is 0.526. The van der Waals surface area contributed by atoms with E-state index in [2.05, 4.69) is 53.1 Å². The molecule has 2 atom stereocenters. The van der Waals surface area contributed by atoms with Gasteiger partial charge in [-0.1, -0.05) is 43.3 Å². The minimum absolute atomic E-state index is 0.162. The maximum absolute atomic E-state index is 12.3. The molecule has 1 saturated carbocycles. The van der Waals surface area contributed by atoms with Crippen LogP contribution in [0.2, 0.25) is 0 Å². The molecule has 1 amide bonds. The van der Waals surface area contributed by atoms with Crippen molar-refractivity contribution in [3.63, 3.8) is 0 Å². The Bertz CT molecular complexity index is 588. The van der Waals surface area contributed by atoms with Gasteiger partial charge in [-0.15, -0.1) is 0 Å². The van der Waals surface area contributed by atoms with Crippen molar-refractivity contribution in [1.82, 2.24) is 9.80 Å². The molecule has 0 N–H and O–H groups in total. The number of carbonyl (C=O) groups is 1. The normalized spacial score (nSPS) is 26.5. The van der Waals surface area contributed by atoms with E-state index in [1.165, 1.54) is 24.0 Å². The van der Waals surface area contributed by atoms with Gasteiger partial charge in [-0.05, 0) is 36.8 Å². The lowest BCUT2D eigenvalue weighted by molar-refractivity contribution is -0.133. The maximum atomic E-state index is 12.3. The standard InChI is InChI=1S/C19H24N2O/c1-2-14-3-5-15(6-4-14)12-20(17-9-10-17)13-21-18-8-7-16(11-18)19(21)22/h3-8,16-18H,2,9-13H2,1H3. The molecule has 0 radical (unpaired) electrons. The van der Waals surface area contributed by atoms with Gasteiger partial charge >= 0.3 is 0 Å². The first-order chi connectivity index (χ1) is 10.7. The fourth-order valence-electron chi connectivity index (χ4n) is 3.69. The van der Waals surface area contributed by atoms with Crippen molar-refractivity contribution in [3.05, 3.63) is 47.5 Å². The van der Waals surface area contributed by atoms with E-state index in [1.54, 1.807) is 0 Å². The highest BCUT2D eigenvalue weighted by Gasteiger charge is 2.42. The predicted octanol–water partition coefficient (Wildman–Crippen LogP) is 2.96. The number of likely N-dealkylation sites (tertiary alicyclic amines) is 1. The Hall–Kier alpha value is -1.61. The SMILES string of the molecule is CCc1ccc(CN(CN2C(=O)C3C=CC2C3)C2CC2)cc1. The number of carbonyl (C=O) groups excluding carboxylic acids is 1. The van der Waals surface area contributed by atoms with Crippen LogP contribution < -0.4 is 0 Å². The van der Waals surface area contributed by atoms with Gasteiger partial charge in [0.25, 0.3) is 0 Å². The summed E-state index contributed by atoms with van der Waals surface area (Å²) in [5.41, 5.74) is 2.75. The Balaban J connectivity index is 1.45. The van der Waals surface area contributed by atoms with Crippen LogP contribution in [0.25, 0.3) is 0 Å². The predicted molar refractivity (Wildman–Crippen MR) is 87.1 cm³/mol. The van der Waals surface area contributed by atoms with Crippen LogP contribution in [0.15, 0.2) is 36.4 Å². The summed E-state index contributed by atoms with van der Waals surface area (Å²) in [6.45, 7) is 3.94. The molecule has 2 unspecified atom stereocenters. The molecule has 2 aliphatic carbocycles. The monoisotopic (exact) mass is 296 g/mol. The van der Waals surface area contributed by atoms with Crippen LogP contribution in [-0.4, -0.2) is 34.5 Å². The summed E-state index contributed by atoms with van der Waals surface area (Å²) in [6, 6.07) is 9.96. The summed E-state index contributed by atoms with van der Waals surface area (Å²) >= 11 is 0. The van der Waals surface area contributed by atoms with Crippen molar-refractivity contribution in [3.8, 4) is 0 Å². The van der Waals surface area contributed by atoms with Crippen LogP contribution in [0.3, 0.4) is 0 Å². The smallest absolute Gasteiger partial charge is 0.231 e. The third-order valence-corrected chi connectivity index (χ3v) is 5.28. The van der Waals surface area contributed by atoms with Crippen LogP contribution in [0.4, 0.5) is 0 Å². The lowest BCUT2D eigenvalue weighted by Gasteiger charge is -2.32. The molecule has 3 heteroatoms. The Morgan fingerprint density at radius 1 is 1.14 bits per heavy atom. The number of amides is 1. The van der Waals surface area contributed by atoms with Gasteiger partial charge in [0, 0.05) is 12.6 Å². The summed E-state index contributed by atoms with van der Waals surface area (Å²) in [5, 5.41) is 0. The third-order valence-electron chi connectivity index (χ3n) is 5.28. The van der Waals surface area contributed by atoms with Crippen molar-refractivity contribution in [1.29, 1.82) is 0 Å². The second kappa shape index (κ2) is 5.54. The van der Waals surface area contributed by atoms with Crippen molar-refractivity contribution < 1.29 is 4.79 Å². The van der Waals surface area contributed by atoms with E-state index in [9.17, 15) is 4.79 Å². The molecule has 1 aromatic carbocycles. The molecule has 116 valence electrons. The van der Waals surface area contributed by atoms with Crippen LogP contribution in [0.1, 0.15) is 37.3 Å². The minimum atomic E-state index is 0.162. The van der Waals surface area contributed by atoms with Gasteiger partial charge in [0.15, 0.2) is 0 Å². The number of aryl methyl sites for hydroxylation is 1. The Morgan fingerprint density at radius 3 is 2.45 bits per heavy atom. The van der Waals surface area contributed by atoms with E-state index in [0.717, 1.165) is 26.1 Å². The van der Waals surface area contributed by atoms with Crippen LogP contribution in [-0.2, 0) is 17.8 Å². The molecule has 0 aromatic heterocycles. The summed E-state index contributed by atoms with van der Waals surface area (Å²) in [6.07, 6.45) is 8.95. The molecule has 1 heterocycles. The Kier molecular flexibility index (Phi) is 3.53. The molecule has 2 fully saturated rings. The van der Waals surface area contributed by atoms with Crippen LogP contribution in [0.5, 0.6) is 0 Å². The Morgan fingerprint density at radius 2 is 1.86 bits per heavy atom. The minimum Gasteiger partial charge on any atom is -0.323 e. The second-order valence-corrected chi connectivity index (χ2v) is 6.89. The number of benzene rings is 1. The molecule has 1 aromatic rings. The van der Waals surface area contributed by atoms with Crippen molar-refractivity contribution in [2.75, 3.05) is 6.67 Å². The van der Waals surface area contributed by atoms with Crippen LogP contribution in [0, 0.1) is 5.92 Å². The molecule has 3 nitrogen and oxygen atoms in total. The van der Waals surface area contributed by atoms with Gasteiger partial charge in [-0.3, -0.25) is 9.69 Å². The lowest BCUT2D eigenvalue weighted by Crippen LogP contribution is -2.44. The number of hydrogen-bond donors (Lipinski definition) is 0. The van der Waals surface area contributed by atoms with E-state index < -0.39 is 0 Å². The van der Waals surface area contributed by atoms with E-state index in [-0.39, 0.29) is 5.92 Å². The Labute approximate surface area is 132 Å². The van der Waals surface area contributed by atoms with E-state index >= 15 is 0 Å². The molecule has 1 aliphatic heterocycles.